The number of aromatic amines is 1. The average molecular weight is 627 g/mol. The van der Waals surface area contributed by atoms with Crippen LogP contribution >= 0.6 is 0 Å². The van der Waals surface area contributed by atoms with E-state index < -0.39 is 6.04 Å². The van der Waals surface area contributed by atoms with Crippen LogP contribution in [0.2, 0.25) is 0 Å². The normalized spacial score (nSPS) is 17.0. The lowest BCUT2D eigenvalue weighted by Crippen LogP contribution is -2.43. The summed E-state index contributed by atoms with van der Waals surface area (Å²) < 4.78 is 20.2. The molecule has 0 saturated carbocycles. The topological polar surface area (TPSA) is 149 Å². The lowest BCUT2D eigenvalue weighted by atomic mass is 10.0. The fourth-order valence-corrected chi connectivity index (χ4v) is 6.03. The first kappa shape index (κ1) is 31.4. The minimum Gasteiger partial charge on any atom is -0.490 e. The minimum atomic E-state index is -0.485. The third-order valence-corrected chi connectivity index (χ3v) is 8.34. The highest BCUT2D eigenvalue weighted by atomic mass is 16.5. The van der Waals surface area contributed by atoms with Crippen molar-refractivity contribution >= 4 is 33.8 Å². The van der Waals surface area contributed by atoms with E-state index in [4.69, 9.17) is 24.9 Å². The lowest BCUT2D eigenvalue weighted by Gasteiger charge is -2.19. The molecule has 2 aromatic heterocycles. The van der Waals surface area contributed by atoms with E-state index in [2.05, 4.69) is 20.2 Å². The van der Waals surface area contributed by atoms with Crippen molar-refractivity contribution in [1.29, 1.82) is 0 Å². The Morgan fingerprint density at radius 2 is 1.98 bits per heavy atom. The van der Waals surface area contributed by atoms with Crippen LogP contribution in [0.1, 0.15) is 43.5 Å². The molecule has 0 radical (unpaired) electrons. The van der Waals surface area contributed by atoms with Gasteiger partial charge in [0.1, 0.15) is 6.23 Å². The molecule has 1 fully saturated rings. The highest BCUT2D eigenvalue weighted by Gasteiger charge is 2.29. The summed E-state index contributed by atoms with van der Waals surface area (Å²) in [7, 11) is 0. The van der Waals surface area contributed by atoms with Gasteiger partial charge in [-0.1, -0.05) is 36.4 Å². The number of benzene rings is 3. The number of anilines is 1. The van der Waals surface area contributed by atoms with Crippen LogP contribution in [0.15, 0.2) is 72.9 Å². The molecule has 3 atom stereocenters. The van der Waals surface area contributed by atoms with Crippen molar-refractivity contribution in [3.63, 3.8) is 0 Å². The molecule has 11 nitrogen and oxygen atoms in total. The molecule has 5 aromatic rings. The molecular formula is C35H42N6O5. The summed E-state index contributed by atoms with van der Waals surface area (Å²) >= 11 is 0. The molecule has 0 bridgehead atoms. The highest BCUT2D eigenvalue weighted by molar-refractivity contribution is 5.85. The molecule has 11 heteroatoms. The number of primary amides is 1. The second kappa shape index (κ2) is 14.7. The number of aromatic nitrogens is 3. The molecule has 6 N–H and O–H groups in total. The number of nitrogens with two attached hydrogens (primary N) is 1. The number of aliphatic hydroxyl groups excluding tert-OH is 1. The van der Waals surface area contributed by atoms with Crippen LogP contribution in [0.25, 0.3) is 21.9 Å². The summed E-state index contributed by atoms with van der Waals surface area (Å²) in [5.41, 5.74) is 10.7. The van der Waals surface area contributed by atoms with Gasteiger partial charge in [0.2, 0.25) is 11.9 Å². The Kier molecular flexibility index (Phi) is 10.0. The van der Waals surface area contributed by atoms with Gasteiger partial charge in [0, 0.05) is 23.6 Å². The van der Waals surface area contributed by atoms with Crippen LogP contribution in [-0.2, 0) is 22.5 Å². The number of fused-ring (bicyclic) bond motifs is 2. The van der Waals surface area contributed by atoms with Crippen LogP contribution in [0.5, 0.6) is 11.5 Å². The quantitative estimate of drug-likeness (QED) is 0.0994. The van der Waals surface area contributed by atoms with E-state index in [1.54, 1.807) is 0 Å². The van der Waals surface area contributed by atoms with Crippen molar-refractivity contribution in [3.8, 4) is 11.5 Å². The van der Waals surface area contributed by atoms with Gasteiger partial charge in [0.15, 0.2) is 11.5 Å². The Morgan fingerprint density at radius 3 is 2.80 bits per heavy atom. The molecule has 3 aromatic carbocycles. The molecular weight excluding hydrogens is 584 g/mol. The monoisotopic (exact) mass is 626 g/mol. The first-order chi connectivity index (χ1) is 22.5. The fourth-order valence-electron chi connectivity index (χ4n) is 6.03. The van der Waals surface area contributed by atoms with E-state index in [9.17, 15) is 9.90 Å². The van der Waals surface area contributed by atoms with Gasteiger partial charge in [0.25, 0.3) is 0 Å². The number of ether oxygens (including phenoxy) is 3. The van der Waals surface area contributed by atoms with Gasteiger partial charge in [-0.25, -0.2) is 4.98 Å². The fraction of sp³-hybridized carbons (Fsp3) is 0.371. The minimum absolute atomic E-state index is 0.00758. The van der Waals surface area contributed by atoms with E-state index in [0.717, 1.165) is 45.9 Å². The van der Waals surface area contributed by atoms with Crippen LogP contribution in [0.3, 0.4) is 0 Å². The lowest BCUT2D eigenvalue weighted by molar-refractivity contribution is -0.120. The number of amides is 1. The van der Waals surface area contributed by atoms with Crippen molar-refractivity contribution in [2.75, 3.05) is 31.7 Å². The Bertz CT molecular complexity index is 1770. The number of aliphatic hydroxyl groups is 1. The molecule has 0 unspecified atom stereocenters. The number of para-hydroxylation sites is 3. The van der Waals surface area contributed by atoms with Gasteiger partial charge in [-0.3, -0.25) is 9.36 Å². The maximum Gasteiger partial charge on any atom is 0.234 e. The van der Waals surface area contributed by atoms with E-state index in [0.29, 0.717) is 56.6 Å². The van der Waals surface area contributed by atoms with Crippen LogP contribution in [-0.4, -0.2) is 64.1 Å². The number of H-pyrrole nitrogens is 1. The molecule has 46 heavy (non-hydrogen) atoms. The van der Waals surface area contributed by atoms with E-state index in [1.807, 2.05) is 79.9 Å². The zero-order valence-corrected chi connectivity index (χ0v) is 26.1. The summed E-state index contributed by atoms with van der Waals surface area (Å²) in [5, 5.41) is 17.5. The van der Waals surface area contributed by atoms with Crippen molar-refractivity contribution in [2.24, 2.45) is 5.73 Å². The van der Waals surface area contributed by atoms with Crippen LogP contribution in [0, 0.1) is 0 Å². The third-order valence-electron chi connectivity index (χ3n) is 8.34. The summed E-state index contributed by atoms with van der Waals surface area (Å²) in [6, 6.07) is 21.4. The number of hydrogen-bond acceptors (Lipinski definition) is 8. The summed E-state index contributed by atoms with van der Waals surface area (Å²) in [5.74, 6) is 1.66. The molecule has 3 heterocycles. The predicted octanol–water partition coefficient (Wildman–Crippen LogP) is 4.65. The smallest absolute Gasteiger partial charge is 0.234 e. The van der Waals surface area contributed by atoms with Gasteiger partial charge in [-0.2, -0.15) is 0 Å². The van der Waals surface area contributed by atoms with Gasteiger partial charge < -0.3 is 40.7 Å². The number of imidazole rings is 1. The molecule has 242 valence electrons. The van der Waals surface area contributed by atoms with Gasteiger partial charge >= 0.3 is 0 Å². The highest BCUT2D eigenvalue weighted by Crippen LogP contribution is 2.35. The van der Waals surface area contributed by atoms with Crippen molar-refractivity contribution in [3.05, 3.63) is 84.1 Å². The SMILES string of the molecule is CCOc1ccc(CNc2nc3ccccc3n2[C@H]2CC[C@@H](CO)O2)cc1OCCCN[C@@H](Cc1c[nH]c2ccccc12)C(N)=O. The van der Waals surface area contributed by atoms with E-state index in [-0.39, 0.29) is 24.8 Å². The van der Waals surface area contributed by atoms with E-state index in [1.165, 1.54) is 0 Å². The summed E-state index contributed by atoms with van der Waals surface area (Å²) in [6.45, 7) is 3.98. The third kappa shape index (κ3) is 7.12. The summed E-state index contributed by atoms with van der Waals surface area (Å²) in [4.78, 5) is 20.3. The van der Waals surface area contributed by atoms with Crippen molar-refractivity contribution in [2.45, 2.75) is 57.5 Å². The van der Waals surface area contributed by atoms with Gasteiger partial charge in [-0.05, 0) is 80.6 Å². The molecule has 6 rings (SSSR count). The zero-order valence-electron chi connectivity index (χ0n) is 26.1. The standard InChI is InChI=1S/C35H42N6O5/c1-2-44-31-14-12-23(20-39-35-40-28-10-5-6-11-30(28)41(35)33-15-13-25(22-42)46-33)18-32(31)45-17-7-16-37-29(34(36)43)19-24-21-38-27-9-4-3-8-26(24)27/h3-6,8-12,14,18,21,25,29,33,37-38,42H,2,7,13,15-17,19-20,22H2,1H3,(H2,36,43)(H,39,40)/t25-,29-,33+/m0/s1. The Morgan fingerprint density at radius 1 is 1.13 bits per heavy atom. The maximum absolute atomic E-state index is 12.2. The Balaban J connectivity index is 1.07. The zero-order chi connectivity index (χ0) is 31.9. The number of carbonyl (C=O) groups excluding carboxylic acids is 1. The van der Waals surface area contributed by atoms with Gasteiger partial charge in [0.05, 0.1) is 43.0 Å². The van der Waals surface area contributed by atoms with Crippen LogP contribution < -0.4 is 25.8 Å². The molecule has 1 amide bonds. The predicted molar refractivity (Wildman–Crippen MR) is 178 cm³/mol. The Labute approximate surface area is 268 Å². The maximum atomic E-state index is 12.2. The van der Waals surface area contributed by atoms with Crippen molar-refractivity contribution in [1.82, 2.24) is 19.9 Å². The number of nitrogens with zero attached hydrogens (tertiary/aromatic N) is 2. The van der Waals surface area contributed by atoms with Crippen molar-refractivity contribution < 1.29 is 24.1 Å². The molecule has 0 spiro atoms. The molecule has 1 saturated heterocycles. The molecule has 1 aliphatic rings. The molecule has 1 aliphatic heterocycles. The largest absolute Gasteiger partial charge is 0.490 e. The first-order valence-corrected chi connectivity index (χ1v) is 16.0. The molecule has 0 aliphatic carbocycles. The Hall–Kier alpha value is -4.58. The first-order valence-electron chi connectivity index (χ1n) is 16.0. The number of carbonyl (C=O) groups is 1. The van der Waals surface area contributed by atoms with E-state index >= 15 is 0 Å². The number of rotatable bonds is 16. The number of hydrogen-bond donors (Lipinski definition) is 5. The second-order valence-electron chi connectivity index (χ2n) is 11.5. The van der Waals surface area contributed by atoms with Gasteiger partial charge in [-0.15, -0.1) is 0 Å². The average Bonchev–Trinajstić information content (AvgIpc) is 3.80. The number of nitrogens with one attached hydrogen (secondary N) is 3. The second-order valence-corrected chi connectivity index (χ2v) is 11.5. The van der Waals surface area contributed by atoms with Crippen LogP contribution in [0.4, 0.5) is 5.95 Å². The summed E-state index contributed by atoms with van der Waals surface area (Å²) in [6.07, 6.45) is 4.36.